The average molecular weight is 359 g/mol. The van der Waals surface area contributed by atoms with Gasteiger partial charge in [-0.05, 0) is 49.4 Å². The summed E-state index contributed by atoms with van der Waals surface area (Å²) in [4.78, 5) is 3.80. The molecule has 0 aliphatic carbocycles. The molecule has 0 radical (unpaired) electrons. The van der Waals surface area contributed by atoms with Crippen molar-refractivity contribution in [2.75, 3.05) is 7.05 Å². The van der Waals surface area contributed by atoms with E-state index in [2.05, 4.69) is 10.3 Å². The molecule has 2 aromatic heterocycles. The van der Waals surface area contributed by atoms with E-state index in [-0.39, 0.29) is 10.5 Å². The minimum atomic E-state index is -3.86. The lowest BCUT2D eigenvalue weighted by Gasteiger charge is -2.12. The summed E-state index contributed by atoms with van der Waals surface area (Å²) >= 11 is 0. The third-order valence-corrected chi connectivity index (χ3v) is 5.69. The molecule has 1 N–H and O–H groups in total. The number of halogens is 1. The van der Waals surface area contributed by atoms with Crippen LogP contribution in [0.2, 0.25) is 0 Å². The van der Waals surface area contributed by atoms with E-state index in [0.717, 1.165) is 9.54 Å². The topological polar surface area (TPSA) is 64.0 Å². The summed E-state index contributed by atoms with van der Waals surface area (Å²) in [5, 5.41) is 3.01. The molecule has 0 spiro atoms. The quantitative estimate of drug-likeness (QED) is 0.712. The maximum absolute atomic E-state index is 14.3. The molecule has 2 heterocycles. The van der Waals surface area contributed by atoms with Crippen molar-refractivity contribution in [1.29, 1.82) is 0 Å². The lowest BCUT2D eigenvalue weighted by molar-refractivity contribution is 0.582. The van der Waals surface area contributed by atoms with Crippen LogP contribution in [0.1, 0.15) is 11.1 Å². The van der Waals surface area contributed by atoms with Crippen molar-refractivity contribution in [2.45, 2.75) is 18.4 Å². The maximum Gasteiger partial charge on any atom is 0.268 e. The Morgan fingerprint density at radius 2 is 1.88 bits per heavy atom. The molecule has 0 saturated carbocycles. The van der Waals surface area contributed by atoms with Gasteiger partial charge in [0.05, 0.1) is 16.2 Å². The molecule has 0 fully saturated rings. The summed E-state index contributed by atoms with van der Waals surface area (Å²) < 4.78 is 41.6. The van der Waals surface area contributed by atoms with Crippen LogP contribution in [0.5, 0.6) is 0 Å². The largest absolute Gasteiger partial charge is 0.316 e. The normalized spacial score (nSPS) is 11.6. The standard InChI is InChI=1S/C18H18FN3O2S/c1-13-14(11-20-2)12-22(17(13)16-9-6-10-21-18(16)19)25(23,24)15-7-4-3-5-8-15/h3-10,12,20H,11H2,1-2H3. The first kappa shape index (κ1) is 17.3. The summed E-state index contributed by atoms with van der Waals surface area (Å²) in [5.74, 6) is -0.704. The minimum Gasteiger partial charge on any atom is -0.316 e. The lowest BCUT2D eigenvalue weighted by Crippen LogP contribution is -2.14. The molecule has 3 aromatic rings. The van der Waals surface area contributed by atoms with Crippen LogP contribution in [-0.4, -0.2) is 24.4 Å². The highest BCUT2D eigenvalue weighted by atomic mass is 32.2. The molecule has 1 aromatic carbocycles. The molecule has 0 aliphatic heterocycles. The second-order valence-corrected chi connectivity index (χ2v) is 7.43. The van der Waals surface area contributed by atoms with E-state index in [1.165, 1.54) is 30.6 Å². The van der Waals surface area contributed by atoms with E-state index in [4.69, 9.17) is 0 Å². The molecular weight excluding hydrogens is 341 g/mol. The summed E-state index contributed by atoms with van der Waals surface area (Å²) in [7, 11) is -2.09. The minimum absolute atomic E-state index is 0.145. The van der Waals surface area contributed by atoms with Crippen molar-refractivity contribution in [2.24, 2.45) is 0 Å². The van der Waals surface area contributed by atoms with Gasteiger partial charge in [-0.25, -0.2) is 17.4 Å². The molecule has 0 unspecified atom stereocenters. The van der Waals surface area contributed by atoms with Crippen LogP contribution in [0, 0.1) is 12.9 Å². The molecule has 0 saturated heterocycles. The molecule has 25 heavy (non-hydrogen) atoms. The molecule has 5 nitrogen and oxygen atoms in total. The molecule has 7 heteroatoms. The maximum atomic E-state index is 14.3. The predicted octanol–water partition coefficient (Wildman–Crippen LogP) is 2.95. The van der Waals surface area contributed by atoms with Crippen LogP contribution in [0.3, 0.4) is 0 Å². The van der Waals surface area contributed by atoms with E-state index >= 15 is 0 Å². The molecule has 0 bridgehead atoms. The van der Waals surface area contributed by atoms with Crippen molar-refractivity contribution in [3.05, 3.63) is 71.9 Å². The van der Waals surface area contributed by atoms with E-state index in [0.29, 0.717) is 17.8 Å². The Hall–Kier alpha value is -2.51. The summed E-state index contributed by atoms with van der Waals surface area (Å²) in [6, 6.07) is 11.2. The number of nitrogens with zero attached hydrogens (tertiary/aromatic N) is 2. The van der Waals surface area contributed by atoms with E-state index in [1.54, 1.807) is 38.2 Å². The molecule has 3 rings (SSSR count). The fraction of sp³-hybridized carbons (Fsp3) is 0.167. The van der Waals surface area contributed by atoms with Crippen LogP contribution in [0.15, 0.2) is 59.8 Å². The monoisotopic (exact) mass is 359 g/mol. The molecule has 130 valence electrons. The van der Waals surface area contributed by atoms with Crippen LogP contribution in [0.25, 0.3) is 11.3 Å². The molecule has 0 aliphatic rings. The van der Waals surface area contributed by atoms with Gasteiger partial charge in [0.2, 0.25) is 5.95 Å². The Balaban J connectivity index is 2.30. The van der Waals surface area contributed by atoms with Gasteiger partial charge in [0.15, 0.2) is 0 Å². The zero-order valence-corrected chi connectivity index (χ0v) is 14.7. The zero-order chi connectivity index (χ0) is 18.0. The highest BCUT2D eigenvalue weighted by molar-refractivity contribution is 7.90. The third kappa shape index (κ3) is 3.08. The number of benzene rings is 1. The number of pyridine rings is 1. The van der Waals surface area contributed by atoms with Crippen LogP contribution >= 0.6 is 0 Å². The lowest BCUT2D eigenvalue weighted by atomic mass is 10.1. The fourth-order valence-electron chi connectivity index (χ4n) is 2.77. The van der Waals surface area contributed by atoms with Gasteiger partial charge in [-0.2, -0.15) is 4.39 Å². The Kier molecular flexibility index (Phi) is 4.69. The third-order valence-electron chi connectivity index (χ3n) is 4.01. The van der Waals surface area contributed by atoms with Gasteiger partial charge in [0, 0.05) is 18.9 Å². The predicted molar refractivity (Wildman–Crippen MR) is 94.1 cm³/mol. The van der Waals surface area contributed by atoms with Gasteiger partial charge in [-0.3, -0.25) is 0 Å². The van der Waals surface area contributed by atoms with Gasteiger partial charge in [0.25, 0.3) is 10.0 Å². The Labute approximate surface area is 146 Å². The second-order valence-electron chi connectivity index (χ2n) is 5.61. The number of hydrogen-bond donors (Lipinski definition) is 1. The van der Waals surface area contributed by atoms with Crippen LogP contribution in [0.4, 0.5) is 4.39 Å². The fourth-order valence-corrected chi connectivity index (χ4v) is 4.24. The molecular formula is C18H18FN3O2S. The van der Waals surface area contributed by atoms with Gasteiger partial charge in [-0.1, -0.05) is 18.2 Å². The zero-order valence-electron chi connectivity index (χ0n) is 13.9. The van der Waals surface area contributed by atoms with Gasteiger partial charge in [-0.15, -0.1) is 0 Å². The SMILES string of the molecule is CNCc1cn(S(=O)(=O)c2ccccc2)c(-c2cccnc2F)c1C. The summed E-state index contributed by atoms with van der Waals surface area (Å²) in [5.41, 5.74) is 1.92. The average Bonchev–Trinajstić information content (AvgIpc) is 2.94. The first-order valence-corrected chi connectivity index (χ1v) is 9.17. The Bertz CT molecular complexity index is 998. The number of rotatable bonds is 5. The van der Waals surface area contributed by atoms with Crippen molar-refractivity contribution in [3.8, 4) is 11.3 Å². The Morgan fingerprint density at radius 1 is 1.16 bits per heavy atom. The van der Waals surface area contributed by atoms with E-state index in [9.17, 15) is 12.8 Å². The van der Waals surface area contributed by atoms with E-state index in [1.807, 2.05) is 0 Å². The van der Waals surface area contributed by atoms with Gasteiger partial charge >= 0.3 is 0 Å². The molecule has 0 amide bonds. The molecule has 0 atom stereocenters. The van der Waals surface area contributed by atoms with Crippen LogP contribution in [-0.2, 0) is 16.6 Å². The van der Waals surface area contributed by atoms with Gasteiger partial charge < -0.3 is 5.32 Å². The first-order chi connectivity index (χ1) is 12.0. The van der Waals surface area contributed by atoms with Crippen LogP contribution < -0.4 is 5.32 Å². The summed E-state index contributed by atoms with van der Waals surface area (Å²) in [6.45, 7) is 2.25. The first-order valence-electron chi connectivity index (χ1n) is 7.73. The van der Waals surface area contributed by atoms with E-state index < -0.39 is 16.0 Å². The smallest absolute Gasteiger partial charge is 0.268 e. The number of nitrogens with one attached hydrogen (secondary N) is 1. The number of aromatic nitrogens is 2. The second kappa shape index (κ2) is 6.78. The van der Waals surface area contributed by atoms with Crippen molar-refractivity contribution >= 4 is 10.0 Å². The Morgan fingerprint density at radius 3 is 2.52 bits per heavy atom. The highest BCUT2D eigenvalue weighted by Crippen LogP contribution is 2.32. The van der Waals surface area contributed by atoms with Crippen molar-refractivity contribution in [1.82, 2.24) is 14.3 Å². The van der Waals surface area contributed by atoms with Crippen molar-refractivity contribution < 1.29 is 12.8 Å². The summed E-state index contributed by atoms with van der Waals surface area (Å²) in [6.07, 6.45) is 2.87. The van der Waals surface area contributed by atoms with Gasteiger partial charge in [0.1, 0.15) is 0 Å². The number of hydrogen-bond acceptors (Lipinski definition) is 4. The van der Waals surface area contributed by atoms with Crippen molar-refractivity contribution in [3.63, 3.8) is 0 Å². The highest BCUT2D eigenvalue weighted by Gasteiger charge is 2.25.